The van der Waals surface area contributed by atoms with Crippen LogP contribution in [-0.4, -0.2) is 197 Å². The number of hydrogen-bond donors (Lipinski definition) is 4. The topological polar surface area (TPSA) is 275 Å². The molecule has 0 radical (unpaired) electrons. The molecule has 6 aromatic heterocycles. The molecule has 0 aliphatic carbocycles. The zero-order valence-corrected chi connectivity index (χ0v) is 40.1. The van der Waals surface area contributed by atoms with Crippen molar-refractivity contribution in [1.82, 2.24) is 69.2 Å². The van der Waals surface area contributed by atoms with E-state index in [1.807, 2.05) is 21.6 Å². The quantitative estimate of drug-likeness (QED) is 0.150. The van der Waals surface area contributed by atoms with E-state index in [0.29, 0.717) is 101 Å². The Kier molecular flexibility index (Phi) is 14.5. The molecule has 10 heterocycles. The molecule has 0 bridgehead atoms. The predicted molar refractivity (Wildman–Crippen MR) is 254 cm³/mol. The van der Waals surface area contributed by atoms with Crippen LogP contribution >= 0.6 is 0 Å². The zero-order valence-electron chi connectivity index (χ0n) is 40.1. The SMILES string of the molecule is C[C@@H]1CN(c2nc3c(N4CCOCC4)nc(-c4cnc(N)nc4)nc3n2CC(F)(F)F)CCN1.C[C@H](O)C(=O)N1CCN(c2nc3c(N4CCOCC4)nc(-c4cnc(N)nc4)nc3n2CC(F)(F)F)C[C@H]1C. The number of nitrogens with zero attached hydrogens (tertiary/aromatic N) is 17. The largest absolute Gasteiger partial charge is 0.406 e. The number of carbonyl (C=O) groups is 1. The van der Waals surface area contributed by atoms with Crippen LogP contribution in [0.4, 0.5) is 61.8 Å². The number of imidazole rings is 2. The average Bonchev–Trinajstić information content (AvgIpc) is 3.90. The number of aromatic nitrogens is 12. The van der Waals surface area contributed by atoms with Crippen molar-refractivity contribution in [3.8, 4) is 22.8 Å². The number of nitrogens with one attached hydrogen (secondary N) is 1. The van der Waals surface area contributed by atoms with Gasteiger partial charge in [-0.3, -0.25) is 13.9 Å². The molecule has 4 fully saturated rings. The summed E-state index contributed by atoms with van der Waals surface area (Å²) in [7, 11) is 0. The third-order valence-corrected chi connectivity index (χ3v) is 12.5. The highest BCUT2D eigenvalue weighted by atomic mass is 19.4. The minimum Gasteiger partial charge on any atom is -0.384 e. The van der Waals surface area contributed by atoms with Crippen LogP contribution in [0.2, 0.25) is 0 Å². The van der Waals surface area contributed by atoms with Crippen LogP contribution in [0.1, 0.15) is 20.8 Å². The lowest BCUT2D eigenvalue weighted by atomic mass is 10.1. The zero-order chi connectivity index (χ0) is 51.8. The molecule has 10 rings (SSSR count). The predicted octanol–water partition coefficient (Wildman–Crippen LogP) is 1.74. The summed E-state index contributed by atoms with van der Waals surface area (Å²) in [6.45, 7) is 8.84. The second-order valence-corrected chi connectivity index (χ2v) is 18.0. The van der Waals surface area contributed by atoms with Gasteiger partial charge in [0.25, 0.3) is 5.91 Å². The lowest BCUT2D eigenvalue weighted by molar-refractivity contribution is -0.142. The number of rotatable bonds is 9. The van der Waals surface area contributed by atoms with Gasteiger partial charge in [0.05, 0.1) is 37.6 Å². The first-order valence-corrected chi connectivity index (χ1v) is 23.5. The van der Waals surface area contributed by atoms with Crippen molar-refractivity contribution in [3.63, 3.8) is 0 Å². The molecule has 0 unspecified atom stereocenters. The second-order valence-electron chi connectivity index (χ2n) is 18.0. The van der Waals surface area contributed by atoms with Crippen molar-refractivity contribution < 1.29 is 45.7 Å². The molecule has 0 aromatic carbocycles. The van der Waals surface area contributed by atoms with Gasteiger partial charge in [0.2, 0.25) is 23.8 Å². The molecule has 0 saturated carbocycles. The monoisotopic (exact) mass is 1030 g/mol. The Bertz CT molecular complexity index is 2890. The molecule has 392 valence electrons. The van der Waals surface area contributed by atoms with Crippen molar-refractivity contribution in [2.45, 2.75) is 64.4 Å². The number of amides is 1. The molecular weight excluding hydrogens is 975 g/mol. The Morgan fingerprint density at radius 1 is 0.658 bits per heavy atom. The number of aliphatic hydroxyl groups excluding tert-OH is 1. The number of alkyl halides is 6. The number of nitrogen functional groups attached to an aromatic ring is 2. The summed E-state index contributed by atoms with van der Waals surface area (Å²) in [6, 6.07) is -0.257. The van der Waals surface area contributed by atoms with E-state index < -0.39 is 37.5 Å². The molecule has 6 aromatic rings. The van der Waals surface area contributed by atoms with Crippen LogP contribution in [0.25, 0.3) is 45.1 Å². The summed E-state index contributed by atoms with van der Waals surface area (Å²) >= 11 is 0. The van der Waals surface area contributed by atoms with Gasteiger partial charge in [0.15, 0.2) is 45.6 Å². The maximum absolute atomic E-state index is 13.9. The van der Waals surface area contributed by atoms with Crippen LogP contribution in [0.15, 0.2) is 24.8 Å². The summed E-state index contributed by atoms with van der Waals surface area (Å²) in [6.07, 6.45) is -4.46. The van der Waals surface area contributed by atoms with Gasteiger partial charge in [0.1, 0.15) is 19.2 Å². The molecule has 30 heteroatoms. The maximum atomic E-state index is 13.9. The van der Waals surface area contributed by atoms with Crippen LogP contribution in [0.3, 0.4) is 0 Å². The summed E-state index contributed by atoms with van der Waals surface area (Å²) in [5.41, 5.74) is 12.7. The number of carbonyl (C=O) groups excluding carboxylic acids is 1. The highest BCUT2D eigenvalue weighted by Crippen LogP contribution is 2.36. The summed E-state index contributed by atoms with van der Waals surface area (Å²) in [4.78, 5) is 65.0. The lowest BCUT2D eigenvalue weighted by Gasteiger charge is -2.40. The van der Waals surface area contributed by atoms with Crippen molar-refractivity contribution in [2.75, 3.05) is 123 Å². The normalized spacial score (nSPS) is 19.6. The molecule has 4 aliphatic rings. The van der Waals surface area contributed by atoms with E-state index in [9.17, 15) is 36.2 Å². The third kappa shape index (κ3) is 11.4. The van der Waals surface area contributed by atoms with E-state index in [1.54, 1.807) is 11.8 Å². The lowest BCUT2D eigenvalue weighted by Crippen LogP contribution is -2.56. The third-order valence-electron chi connectivity index (χ3n) is 12.5. The fraction of sp³-hybridized carbons (Fsp3) is 0.558. The number of morpholine rings is 2. The van der Waals surface area contributed by atoms with Gasteiger partial charge in [-0.05, 0) is 20.8 Å². The van der Waals surface area contributed by atoms with E-state index in [-0.39, 0.29) is 84.0 Å². The highest BCUT2D eigenvalue weighted by molar-refractivity contribution is 5.89. The number of aliphatic hydroxyl groups is 1. The van der Waals surface area contributed by atoms with Gasteiger partial charge in [-0.15, -0.1) is 0 Å². The minimum absolute atomic E-state index is 0.0146. The molecule has 3 atom stereocenters. The molecular formula is C43H54F6N20O4. The van der Waals surface area contributed by atoms with Crippen LogP contribution in [0, 0.1) is 0 Å². The van der Waals surface area contributed by atoms with E-state index in [2.05, 4.69) is 55.2 Å². The number of anilines is 6. The van der Waals surface area contributed by atoms with Gasteiger partial charge >= 0.3 is 12.4 Å². The van der Waals surface area contributed by atoms with E-state index >= 15 is 0 Å². The smallest absolute Gasteiger partial charge is 0.384 e. The van der Waals surface area contributed by atoms with Gasteiger partial charge in [0, 0.05) is 102 Å². The van der Waals surface area contributed by atoms with Gasteiger partial charge in [-0.1, -0.05) is 0 Å². The first kappa shape index (κ1) is 50.9. The Hall–Kier alpha value is -7.05. The van der Waals surface area contributed by atoms with Crippen LogP contribution in [0.5, 0.6) is 0 Å². The number of piperazine rings is 2. The number of nitrogens with two attached hydrogens (primary N) is 2. The Morgan fingerprint density at radius 3 is 1.49 bits per heavy atom. The van der Waals surface area contributed by atoms with Gasteiger partial charge in [-0.2, -0.15) is 26.3 Å². The minimum atomic E-state index is -4.56. The van der Waals surface area contributed by atoms with E-state index in [4.69, 9.17) is 20.9 Å². The second kappa shape index (κ2) is 20.8. The Balaban J connectivity index is 0.000000181. The Labute approximate surface area is 412 Å². The van der Waals surface area contributed by atoms with Crippen LogP contribution < -0.4 is 36.4 Å². The van der Waals surface area contributed by atoms with Crippen molar-refractivity contribution in [3.05, 3.63) is 24.8 Å². The molecule has 4 saturated heterocycles. The van der Waals surface area contributed by atoms with Crippen molar-refractivity contribution >= 4 is 63.7 Å². The van der Waals surface area contributed by atoms with Crippen molar-refractivity contribution in [1.29, 1.82) is 0 Å². The first-order valence-electron chi connectivity index (χ1n) is 23.5. The molecule has 1 amide bonds. The molecule has 6 N–H and O–H groups in total. The molecule has 4 aliphatic heterocycles. The highest BCUT2D eigenvalue weighted by Gasteiger charge is 2.38. The Morgan fingerprint density at radius 2 is 1.10 bits per heavy atom. The maximum Gasteiger partial charge on any atom is 0.406 e. The molecule has 24 nitrogen and oxygen atoms in total. The summed E-state index contributed by atoms with van der Waals surface area (Å²) in [5.74, 6) is 1.19. The van der Waals surface area contributed by atoms with E-state index in [0.717, 1.165) is 9.13 Å². The number of fused-ring (bicyclic) bond motifs is 2. The fourth-order valence-corrected chi connectivity index (χ4v) is 9.06. The molecule has 0 spiro atoms. The standard InChI is InChI=1S/C23H29F3N10O3.C20H25F3N10O/c1-13-11-34(3-4-35(13)20(38)14(2)37)22-30-16-18(33-5-7-39-8-6-33)31-17(15-9-28-21(27)29-10-15)32-19(16)36(22)12-23(24,25)26;1-12-10-32(3-2-25-12)19-28-14-16(31-4-6-34-7-5-31)29-15(13-8-26-18(24)27-9-13)30-17(14)33(19)11-20(21,22)23/h9-10,13-14,37H,3-8,11-12H2,1-2H3,(H2,27,28,29);8-9,12,25H,2-7,10-11H2,1H3,(H2,24,26,27)/t13-,14+;12-/m11/s1. The number of ether oxygens (including phenoxy) is 2. The summed E-state index contributed by atoms with van der Waals surface area (Å²) in [5, 5.41) is 13.0. The van der Waals surface area contributed by atoms with Crippen LogP contribution in [-0.2, 0) is 27.4 Å². The summed E-state index contributed by atoms with van der Waals surface area (Å²) < 4.78 is 95.9. The number of halogens is 6. The molecule has 73 heavy (non-hydrogen) atoms. The fourth-order valence-electron chi connectivity index (χ4n) is 9.06. The number of hydrogen-bond acceptors (Lipinski definition) is 21. The van der Waals surface area contributed by atoms with Crippen molar-refractivity contribution in [2.24, 2.45) is 0 Å². The van der Waals surface area contributed by atoms with Gasteiger partial charge in [-0.25, -0.2) is 49.8 Å². The first-order chi connectivity index (χ1) is 34.8. The van der Waals surface area contributed by atoms with Gasteiger partial charge < -0.3 is 55.9 Å². The average molecular weight is 1030 g/mol. The van der Waals surface area contributed by atoms with E-state index in [1.165, 1.54) is 36.6 Å².